The van der Waals surface area contributed by atoms with E-state index in [4.69, 9.17) is 19.7 Å². The number of methoxy groups -OCH3 is 2. The molecule has 0 fully saturated rings. The van der Waals surface area contributed by atoms with E-state index in [1.165, 1.54) is 0 Å². The second-order valence-corrected chi connectivity index (χ2v) is 4.61. The summed E-state index contributed by atoms with van der Waals surface area (Å²) in [6.07, 6.45) is 0. The smallest absolute Gasteiger partial charge is 0.258 e. The Kier molecular flexibility index (Phi) is 3.65. The highest BCUT2D eigenvalue weighted by Crippen LogP contribution is 2.28. The highest BCUT2D eigenvalue weighted by atomic mass is 16.5. The predicted molar refractivity (Wildman–Crippen MR) is 82.7 cm³/mol. The number of anilines is 1. The largest absolute Gasteiger partial charge is 0.497 e. The summed E-state index contributed by atoms with van der Waals surface area (Å²) < 4.78 is 15.6. The Morgan fingerprint density at radius 1 is 0.955 bits per heavy atom. The van der Waals surface area contributed by atoms with Crippen molar-refractivity contribution in [1.29, 1.82) is 0 Å². The Morgan fingerprint density at radius 2 is 1.68 bits per heavy atom. The van der Waals surface area contributed by atoms with Crippen LogP contribution in [0, 0.1) is 0 Å². The quantitative estimate of drug-likeness (QED) is 0.745. The molecule has 0 radical (unpaired) electrons. The van der Waals surface area contributed by atoms with E-state index in [1.54, 1.807) is 26.4 Å². The van der Waals surface area contributed by atoms with Gasteiger partial charge in [0, 0.05) is 11.1 Å². The van der Waals surface area contributed by atoms with Crippen molar-refractivity contribution in [3.63, 3.8) is 0 Å². The van der Waals surface area contributed by atoms with E-state index in [0.29, 0.717) is 23.2 Å². The molecule has 0 spiro atoms. The van der Waals surface area contributed by atoms with E-state index in [0.717, 1.165) is 16.9 Å². The summed E-state index contributed by atoms with van der Waals surface area (Å²) in [5, 5.41) is 3.99. The number of hydrogen-bond donors (Lipinski definition) is 1. The average Bonchev–Trinajstić information content (AvgIpc) is 3.05. The van der Waals surface area contributed by atoms with Crippen molar-refractivity contribution in [3.8, 4) is 34.3 Å². The van der Waals surface area contributed by atoms with E-state index >= 15 is 0 Å². The lowest BCUT2D eigenvalue weighted by Gasteiger charge is -2.04. The molecule has 0 saturated carbocycles. The lowest BCUT2D eigenvalue weighted by Crippen LogP contribution is -1.93. The lowest BCUT2D eigenvalue weighted by atomic mass is 10.1. The summed E-state index contributed by atoms with van der Waals surface area (Å²) in [7, 11) is 3.19. The second kappa shape index (κ2) is 5.77. The SMILES string of the molecule is COc1ccc(-c2nc(-c3ccc(OC)c(N)c3)no2)cc1. The maximum Gasteiger partial charge on any atom is 0.258 e. The Balaban J connectivity index is 1.91. The van der Waals surface area contributed by atoms with Gasteiger partial charge in [0.1, 0.15) is 11.5 Å². The normalized spacial score (nSPS) is 10.5. The summed E-state index contributed by atoms with van der Waals surface area (Å²) in [5.74, 6) is 2.29. The molecule has 1 heterocycles. The molecule has 0 aliphatic carbocycles. The molecule has 2 N–H and O–H groups in total. The van der Waals surface area contributed by atoms with Crippen molar-refractivity contribution < 1.29 is 14.0 Å². The number of aromatic nitrogens is 2. The third-order valence-corrected chi connectivity index (χ3v) is 3.25. The number of hydrogen-bond acceptors (Lipinski definition) is 6. The van der Waals surface area contributed by atoms with Gasteiger partial charge in [0.15, 0.2) is 0 Å². The highest BCUT2D eigenvalue weighted by molar-refractivity contribution is 5.67. The van der Waals surface area contributed by atoms with E-state index in [-0.39, 0.29) is 0 Å². The minimum atomic E-state index is 0.437. The minimum Gasteiger partial charge on any atom is -0.497 e. The van der Waals surface area contributed by atoms with Gasteiger partial charge in [-0.1, -0.05) is 5.16 Å². The average molecular weight is 297 g/mol. The lowest BCUT2D eigenvalue weighted by molar-refractivity contribution is 0.414. The second-order valence-electron chi connectivity index (χ2n) is 4.61. The van der Waals surface area contributed by atoms with Gasteiger partial charge in [-0.25, -0.2) is 0 Å². The van der Waals surface area contributed by atoms with Gasteiger partial charge in [-0.05, 0) is 42.5 Å². The number of benzene rings is 2. The van der Waals surface area contributed by atoms with Crippen LogP contribution in [0.1, 0.15) is 0 Å². The molecule has 0 amide bonds. The summed E-state index contributed by atoms with van der Waals surface area (Å²) in [5.41, 5.74) is 8.00. The fraction of sp³-hybridized carbons (Fsp3) is 0.125. The van der Waals surface area contributed by atoms with Gasteiger partial charge in [-0.2, -0.15) is 4.98 Å². The van der Waals surface area contributed by atoms with Crippen LogP contribution >= 0.6 is 0 Å². The van der Waals surface area contributed by atoms with Crippen LogP contribution in [0.5, 0.6) is 11.5 Å². The third kappa shape index (κ3) is 2.58. The molecule has 0 unspecified atom stereocenters. The van der Waals surface area contributed by atoms with Crippen LogP contribution in [0.2, 0.25) is 0 Å². The Bertz CT molecular complexity index is 782. The molecule has 0 saturated heterocycles. The number of nitrogens with two attached hydrogens (primary N) is 1. The summed E-state index contributed by atoms with van der Waals surface area (Å²) in [6, 6.07) is 12.7. The monoisotopic (exact) mass is 297 g/mol. The molecule has 0 aliphatic heterocycles. The van der Waals surface area contributed by atoms with Gasteiger partial charge in [-0.3, -0.25) is 0 Å². The molecule has 6 heteroatoms. The molecule has 2 aromatic carbocycles. The first-order valence-electron chi connectivity index (χ1n) is 6.63. The molecule has 0 bridgehead atoms. The van der Waals surface area contributed by atoms with Crippen LogP contribution in [0.4, 0.5) is 5.69 Å². The molecule has 0 aliphatic rings. The minimum absolute atomic E-state index is 0.437. The van der Waals surface area contributed by atoms with Crippen LogP contribution in [-0.4, -0.2) is 24.4 Å². The molecular formula is C16H15N3O3. The van der Waals surface area contributed by atoms with Gasteiger partial charge < -0.3 is 19.7 Å². The number of nitrogens with zero attached hydrogens (tertiary/aromatic N) is 2. The van der Waals surface area contributed by atoms with Crippen molar-refractivity contribution in [2.45, 2.75) is 0 Å². The maximum absolute atomic E-state index is 5.89. The molecule has 22 heavy (non-hydrogen) atoms. The van der Waals surface area contributed by atoms with Gasteiger partial charge in [-0.15, -0.1) is 0 Å². The first kappa shape index (κ1) is 13.9. The van der Waals surface area contributed by atoms with Crippen LogP contribution in [0.3, 0.4) is 0 Å². The molecular weight excluding hydrogens is 282 g/mol. The van der Waals surface area contributed by atoms with Crippen molar-refractivity contribution in [2.24, 2.45) is 0 Å². The molecule has 0 atom stereocenters. The van der Waals surface area contributed by atoms with Gasteiger partial charge in [0.05, 0.1) is 19.9 Å². The summed E-state index contributed by atoms with van der Waals surface area (Å²) in [6.45, 7) is 0. The molecule has 3 aromatic rings. The van der Waals surface area contributed by atoms with E-state index < -0.39 is 0 Å². The highest BCUT2D eigenvalue weighted by Gasteiger charge is 2.12. The number of nitrogen functional groups attached to an aromatic ring is 1. The van der Waals surface area contributed by atoms with Crippen molar-refractivity contribution >= 4 is 5.69 Å². The van der Waals surface area contributed by atoms with E-state index in [2.05, 4.69) is 10.1 Å². The number of ether oxygens (including phenoxy) is 2. The van der Waals surface area contributed by atoms with E-state index in [9.17, 15) is 0 Å². The Hall–Kier alpha value is -3.02. The maximum atomic E-state index is 5.89. The first-order chi connectivity index (χ1) is 10.7. The third-order valence-electron chi connectivity index (χ3n) is 3.25. The zero-order valence-electron chi connectivity index (χ0n) is 12.2. The molecule has 1 aromatic heterocycles. The molecule has 112 valence electrons. The Morgan fingerprint density at radius 3 is 2.32 bits per heavy atom. The predicted octanol–water partition coefficient (Wildman–Crippen LogP) is 3.00. The molecule has 3 rings (SSSR count). The zero-order chi connectivity index (χ0) is 15.5. The van der Waals surface area contributed by atoms with Crippen LogP contribution < -0.4 is 15.2 Å². The van der Waals surface area contributed by atoms with Crippen LogP contribution in [0.25, 0.3) is 22.8 Å². The summed E-state index contributed by atoms with van der Waals surface area (Å²) in [4.78, 5) is 4.39. The van der Waals surface area contributed by atoms with Gasteiger partial charge in [0.2, 0.25) is 5.82 Å². The Labute approximate surface area is 127 Å². The van der Waals surface area contributed by atoms with Crippen molar-refractivity contribution in [3.05, 3.63) is 42.5 Å². The van der Waals surface area contributed by atoms with Crippen LogP contribution in [-0.2, 0) is 0 Å². The zero-order valence-corrected chi connectivity index (χ0v) is 12.2. The number of rotatable bonds is 4. The topological polar surface area (TPSA) is 83.4 Å². The molecule has 6 nitrogen and oxygen atoms in total. The van der Waals surface area contributed by atoms with Crippen molar-refractivity contribution in [1.82, 2.24) is 10.1 Å². The fourth-order valence-corrected chi connectivity index (χ4v) is 2.07. The fourth-order valence-electron chi connectivity index (χ4n) is 2.07. The van der Waals surface area contributed by atoms with Crippen molar-refractivity contribution in [2.75, 3.05) is 20.0 Å². The summed E-state index contributed by atoms with van der Waals surface area (Å²) >= 11 is 0. The standard InChI is InChI=1S/C16H15N3O3/c1-20-12-6-3-10(4-7-12)16-18-15(19-22-16)11-5-8-14(21-2)13(17)9-11/h3-9H,17H2,1-2H3. The first-order valence-corrected chi connectivity index (χ1v) is 6.63. The van der Waals surface area contributed by atoms with Crippen LogP contribution in [0.15, 0.2) is 47.0 Å². The van der Waals surface area contributed by atoms with Gasteiger partial charge in [0.25, 0.3) is 5.89 Å². The van der Waals surface area contributed by atoms with Gasteiger partial charge >= 0.3 is 0 Å². The van der Waals surface area contributed by atoms with E-state index in [1.807, 2.05) is 30.3 Å².